The normalized spacial score (nSPS) is 20.4. The predicted octanol–water partition coefficient (Wildman–Crippen LogP) is 2.58. The van der Waals surface area contributed by atoms with Crippen LogP contribution in [0.5, 0.6) is 0 Å². The number of rotatable bonds is 5. The molecule has 30 heavy (non-hydrogen) atoms. The van der Waals surface area contributed by atoms with E-state index in [1.807, 2.05) is 13.8 Å². The molecule has 0 bridgehead atoms. The van der Waals surface area contributed by atoms with Gasteiger partial charge in [0.25, 0.3) is 0 Å². The lowest BCUT2D eigenvalue weighted by Crippen LogP contribution is -2.74. The zero-order valence-electron chi connectivity index (χ0n) is 17.6. The van der Waals surface area contributed by atoms with Crippen LogP contribution in [0.25, 0.3) is 0 Å². The summed E-state index contributed by atoms with van der Waals surface area (Å²) in [7, 11) is 0. The van der Waals surface area contributed by atoms with Crippen molar-refractivity contribution in [3.63, 3.8) is 0 Å². The van der Waals surface area contributed by atoms with Gasteiger partial charge in [-0.3, -0.25) is 4.84 Å². The van der Waals surface area contributed by atoms with E-state index in [0.29, 0.717) is 31.5 Å². The Bertz CT molecular complexity index is 767. The average molecular weight is 425 g/mol. The highest BCUT2D eigenvalue weighted by molar-refractivity contribution is 5.79. The maximum Gasteiger partial charge on any atom is 0.410 e. The summed E-state index contributed by atoms with van der Waals surface area (Å²) in [6.45, 7) is 4.36. The van der Waals surface area contributed by atoms with Crippen LogP contribution in [-0.2, 0) is 16.2 Å². The minimum Gasteiger partial charge on any atom is -0.447 e. The van der Waals surface area contributed by atoms with Crippen molar-refractivity contribution in [1.29, 1.82) is 0 Å². The maximum atomic E-state index is 14.3. The molecule has 1 aromatic carbocycles. The first-order chi connectivity index (χ1) is 14.4. The van der Waals surface area contributed by atoms with Gasteiger partial charge in [0, 0.05) is 44.3 Å². The number of benzene rings is 1. The van der Waals surface area contributed by atoms with E-state index in [2.05, 4.69) is 5.16 Å². The quantitative estimate of drug-likeness (QED) is 0.712. The molecule has 6 nitrogen and oxygen atoms in total. The number of nitrogens with zero attached hydrogens (tertiary/aromatic N) is 1. The zero-order valence-corrected chi connectivity index (χ0v) is 17.6. The van der Waals surface area contributed by atoms with Crippen LogP contribution in [0.4, 0.5) is 13.6 Å². The van der Waals surface area contributed by atoms with Gasteiger partial charge in [-0.15, -0.1) is 0 Å². The summed E-state index contributed by atoms with van der Waals surface area (Å²) in [4.78, 5) is 19.4. The molecule has 2 N–H and O–H groups in total. The van der Waals surface area contributed by atoms with E-state index in [4.69, 9.17) is 14.7 Å². The van der Waals surface area contributed by atoms with Crippen LogP contribution in [0, 0.1) is 11.6 Å². The van der Waals surface area contributed by atoms with Crippen molar-refractivity contribution in [2.75, 3.05) is 13.1 Å². The van der Waals surface area contributed by atoms with Gasteiger partial charge >= 0.3 is 6.09 Å². The first-order valence-electron chi connectivity index (χ1n) is 10.7. The van der Waals surface area contributed by atoms with Gasteiger partial charge in [-0.1, -0.05) is 0 Å². The molecule has 0 atom stereocenters. The monoisotopic (exact) mass is 425 g/mol. The van der Waals surface area contributed by atoms with Crippen molar-refractivity contribution in [3.05, 3.63) is 34.9 Å². The standard InChI is InChI=1S/C22H30F2N2O4/c1-14(2)29-22(28)26-9-7-18(8-10-26)30-25-17-5-3-15(4-6-17)19-12-20(23)16(13-27)11-21(19)24/h11-12,14-15,18,27H,3-10,13H2,1-2H3/p+1. The second kappa shape index (κ2) is 10.2. The Hall–Kier alpha value is -2.22. The molecule has 1 saturated heterocycles. The van der Waals surface area contributed by atoms with E-state index in [0.717, 1.165) is 37.5 Å². The van der Waals surface area contributed by atoms with Crippen LogP contribution in [0.2, 0.25) is 0 Å². The van der Waals surface area contributed by atoms with E-state index in [1.165, 1.54) is 6.07 Å². The summed E-state index contributed by atoms with van der Waals surface area (Å²) in [5.41, 5.74) is 1.42. The summed E-state index contributed by atoms with van der Waals surface area (Å²) >= 11 is 0. The number of hydrogen-bond acceptors (Lipinski definition) is 4. The SMILES string of the molecule is CC(C)OC(=O)N1CCC(O[NH+]=C2CCC(c3cc(F)c(CO)cc3F)CC2)CC1. The first-order valence-corrected chi connectivity index (χ1v) is 10.7. The van der Waals surface area contributed by atoms with Crippen LogP contribution in [0.3, 0.4) is 0 Å². The van der Waals surface area contributed by atoms with E-state index >= 15 is 0 Å². The van der Waals surface area contributed by atoms with Crippen molar-refractivity contribution in [3.8, 4) is 0 Å². The summed E-state index contributed by atoms with van der Waals surface area (Å²) in [5, 5.41) is 12.1. The Balaban J connectivity index is 1.46. The number of halogens is 2. The molecule has 3 rings (SSSR count). The number of likely N-dealkylation sites (tertiary alicyclic amines) is 1. The van der Waals surface area contributed by atoms with Gasteiger partial charge in [-0.25, -0.2) is 13.6 Å². The molecule has 0 unspecified atom stereocenters. The van der Waals surface area contributed by atoms with Crippen molar-refractivity contribution in [2.45, 2.75) is 77.1 Å². The van der Waals surface area contributed by atoms with Gasteiger partial charge in [-0.05, 0) is 55.5 Å². The Morgan fingerprint density at radius 1 is 1.17 bits per heavy atom. The molecule has 8 heteroatoms. The van der Waals surface area contributed by atoms with Crippen molar-refractivity contribution >= 4 is 11.8 Å². The lowest BCUT2D eigenvalue weighted by atomic mass is 9.82. The number of amides is 1. The molecule has 166 valence electrons. The highest BCUT2D eigenvalue weighted by Crippen LogP contribution is 2.33. The van der Waals surface area contributed by atoms with E-state index in [-0.39, 0.29) is 29.8 Å². The molecule has 1 heterocycles. The molecular weight excluding hydrogens is 394 g/mol. The Labute approximate surface area is 175 Å². The van der Waals surface area contributed by atoms with Crippen molar-refractivity contribution in [2.24, 2.45) is 0 Å². The Morgan fingerprint density at radius 2 is 1.83 bits per heavy atom. The minimum atomic E-state index is -0.561. The largest absolute Gasteiger partial charge is 0.447 e. The van der Waals surface area contributed by atoms with Crippen LogP contribution < -0.4 is 5.16 Å². The Morgan fingerprint density at radius 3 is 2.43 bits per heavy atom. The second-order valence-electron chi connectivity index (χ2n) is 8.34. The molecule has 0 aromatic heterocycles. The van der Waals surface area contributed by atoms with E-state index < -0.39 is 18.2 Å². The van der Waals surface area contributed by atoms with Crippen LogP contribution in [0.1, 0.15) is 69.4 Å². The average Bonchev–Trinajstić information content (AvgIpc) is 2.74. The molecule has 0 spiro atoms. The van der Waals surface area contributed by atoms with Crippen molar-refractivity contribution < 1.29 is 33.4 Å². The Kier molecular flexibility index (Phi) is 7.64. The van der Waals surface area contributed by atoms with Gasteiger partial charge in [-0.2, -0.15) is 0 Å². The van der Waals surface area contributed by atoms with E-state index in [1.54, 1.807) is 4.90 Å². The minimum absolute atomic E-state index is 0.0158. The predicted molar refractivity (Wildman–Crippen MR) is 107 cm³/mol. The molecule has 1 aliphatic carbocycles. The number of nitrogens with one attached hydrogen (secondary N) is 1. The van der Waals surface area contributed by atoms with Gasteiger partial charge in [0.15, 0.2) is 6.10 Å². The summed E-state index contributed by atoms with van der Waals surface area (Å²) < 4.78 is 33.4. The fraction of sp³-hybridized carbons (Fsp3) is 0.636. The van der Waals surface area contributed by atoms with Gasteiger partial charge in [0.05, 0.1) is 12.7 Å². The lowest BCUT2D eigenvalue weighted by Gasteiger charge is -2.29. The molecule has 1 saturated carbocycles. The zero-order chi connectivity index (χ0) is 21.7. The summed E-state index contributed by atoms with van der Waals surface area (Å²) in [5.74, 6) is -1.07. The molecule has 2 fully saturated rings. The van der Waals surface area contributed by atoms with E-state index in [9.17, 15) is 13.6 Å². The topological polar surface area (TPSA) is 73.0 Å². The van der Waals surface area contributed by atoms with Crippen molar-refractivity contribution in [1.82, 2.24) is 4.90 Å². The fourth-order valence-electron chi connectivity index (χ4n) is 4.02. The fourth-order valence-corrected chi connectivity index (χ4v) is 4.02. The number of aliphatic hydroxyl groups is 1. The summed E-state index contributed by atoms with van der Waals surface area (Å²) in [6.07, 6.45) is 3.96. The molecular formula is C22H31F2N2O4+. The maximum absolute atomic E-state index is 14.3. The van der Waals surface area contributed by atoms with Gasteiger partial charge in [0.1, 0.15) is 11.6 Å². The van der Waals surface area contributed by atoms with Gasteiger partial charge in [0.2, 0.25) is 5.71 Å². The van der Waals surface area contributed by atoms with Gasteiger partial charge < -0.3 is 14.7 Å². The highest BCUT2D eigenvalue weighted by Gasteiger charge is 2.29. The molecule has 0 radical (unpaired) electrons. The van der Waals surface area contributed by atoms with Crippen LogP contribution in [0.15, 0.2) is 12.1 Å². The number of piperidine rings is 1. The third kappa shape index (κ3) is 5.68. The third-order valence-electron chi connectivity index (χ3n) is 5.77. The molecule has 1 aliphatic heterocycles. The number of hydrogen-bond donors (Lipinski definition) is 2. The highest BCUT2D eigenvalue weighted by atomic mass is 19.1. The smallest absolute Gasteiger partial charge is 0.410 e. The number of ether oxygens (including phenoxy) is 1. The first kappa shape index (κ1) is 22.5. The number of carbonyl (C=O) groups is 1. The number of carbonyl (C=O) groups excluding carboxylic acids is 1. The summed E-state index contributed by atoms with van der Waals surface area (Å²) in [6, 6.07) is 2.31. The third-order valence-corrected chi connectivity index (χ3v) is 5.77. The molecule has 1 aromatic rings. The van der Waals surface area contributed by atoms with Crippen LogP contribution >= 0.6 is 0 Å². The molecule has 1 amide bonds. The second-order valence-corrected chi connectivity index (χ2v) is 8.34. The lowest BCUT2D eigenvalue weighted by molar-refractivity contribution is -0.767. The van der Waals surface area contributed by atoms with Crippen LogP contribution in [-0.4, -0.2) is 47.1 Å². The molecule has 2 aliphatic rings. The number of aliphatic hydroxyl groups excluding tert-OH is 1.